The van der Waals surface area contributed by atoms with Crippen molar-refractivity contribution in [2.24, 2.45) is 5.16 Å². The van der Waals surface area contributed by atoms with Gasteiger partial charge in [0, 0.05) is 48.9 Å². The van der Waals surface area contributed by atoms with E-state index in [1.54, 1.807) is 23.4 Å². The summed E-state index contributed by atoms with van der Waals surface area (Å²) in [7, 11) is 0. The maximum Gasteiger partial charge on any atom is 0.410 e. The van der Waals surface area contributed by atoms with Crippen molar-refractivity contribution < 1.29 is 18.8 Å². The summed E-state index contributed by atoms with van der Waals surface area (Å²) in [6.07, 6.45) is 6.79. The first-order valence-electron chi connectivity index (χ1n) is 14.1. The number of likely N-dealkylation sites (tertiary alicyclic amines) is 1. The number of nitrogens with zero attached hydrogens (tertiary/aromatic N) is 5. The van der Waals surface area contributed by atoms with Crippen molar-refractivity contribution >= 4 is 17.8 Å². The minimum absolute atomic E-state index is 0.0353. The summed E-state index contributed by atoms with van der Waals surface area (Å²) in [6, 6.07) is 8.67. The maximum absolute atomic E-state index is 14.4. The van der Waals surface area contributed by atoms with Gasteiger partial charge >= 0.3 is 6.09 Å². The molecule has 2 aliphatic rings. The van der Waals surface area contributed by atoms with Crippen molar-refractivity contribution in [1.29, 1.82) is 0 Å². The SMILES string of the molecule is Cc1nc(N)nc2c1C(=NOCCC1CCCN1C(=O)OC(C)(C)C)CC(c1ccc(F)cc1-c1cccnc1)C2. The molecule has 0 radical (unpaired) electrons. The molecule has 1 aromatic carbocycles. The molecule has 5 rings (SSSR count). The molecule has 2 aromatic heterocycles. The molecule has 0 bridgehead atoms. The number of oxime groups is 1. The number of hydrogen-bond acceptors (Lipinski definition) is 8. The summed E-state index contributed by atoms with van der Waals surface area (Å²) in [4.78, 5) is 33.5. The van der Waals surface area contributed by atoms with Gasteiger partial charge in [-0.1, -0.05) is 17.3 Å². The van der Waals surface area contributed by atoms with Crippen LogP contribution in [0.2, 0.25) is 0 Å². The van der Waals surface area contributed by atoms with Crippen molar-refractivity contribution in [3.63, 3.8) is 0 Å². The summed E-state index contributed by atoms with van der Waals surface area (Å²) >= 11 is 0. The average molecular weight is 561 g/mol. The van der Waals surface area contributed by atoms with Gasteiger partial charge in [0.2, 0.25) is 5.95 Å². The maximum atomic E-state index is 14.4. The molecule has 0 saturated carbocycles. The second-order valence-electron chi connectivity index (χ2n) is 11.7. The number of carbonyl (C=O) groups excluding carboxylic acids is 1. The summed E-state index contributed by atoms with van der Waals surface area (Å²) in [6.45, 7) is 8.53. The second kappa shape index (κ2) is 11.8. The number of pyridine rings is 1. The van der Waals surface area contributed by atoms with Crippen LogP contribution >= 0.6 is 0 Å². The first-order valence-corrected chi connectivity index (χ1v) is 14.1. The lowest BCUT2D eigenvalue weighted by Gasteiger charge is -2.29. The molecule has 1 amide bonds. The number of aromatic nitrogens is 3. The van der Waals surface area contributed by atoms with E-state index in [2.05, 4.69) is 20.1 Å². The fraction of sp³-hybridized carbons (Fsp3) is 0.452. The van der Waals surface area contributed by atoms with Crippen molar-refractivity contribution in [3.8, 4) is 11.1 Å². The van der Waals surface area contributed by atoms with Crippen LogP contribution in [0.4, 0.5) is 15.1 Å². The molecule has 41 heavy (non-hydrogen) atoms. The predicted octanol–water partition coefficient (Wildman–Crippen LogP) is 5.81. The largest absolute Gasteiger partial charge is 0.444 e. The standard InChI is InChI=1S/C31H37FN6O3/c1-19-28-26(36-29(33)35-19)15-21(24-10-9-22(32)17-25(24)20-7-5-12-34-18-20)16-27(28)37-40-14-11-23-8-6-13-38(23)30(39)41-31(2,3)4/h5,7,9-10,12,17-18,21,23H,6,8,11,13-16H2,1-4H3,(H2,33,35,36). The molecule has 1 saturated heterocycles. The van der Waals surface area contributed by atoms with Crippen LogP contribution in [0.15, 0.2) is 47.9 Å². The zero-order valence-corrected chi connectivity index (χ0v) is 24.1. The van der Waals surface area contributed by atoms with Crippen LogP contribution in [-0.2, 0) is 16.0 Å². The number of nitrogens with two attached hydrogens (primary N) is 1. The smallest absolute Gasteiger partial charge is 0.410 e. The van der Waals surface area contributed by atoms with E-state index in [0.717, 1.165) is 52.2 Å². The topological polar surface area (TPSA) is 116 Å². The molecule has 3 aromatic rings. The molecular formula is C31H37FN6O3. The van der Waals surface area contributed by atoms with Gasteiger partial charge in [-0.25, -0.2) is 19.2 Å². The number of aryl methyl sites for hydroxylation is 1. The Balaban J connectivity index is 1.37. The molecule has 216 valence electrons. The third kappa shape index (κ3) is 6.64. The lowest BCUT2D eigenvalue weighted by Crippen LogP contribution is -2.40. The van der Waals surface area contributed by atoms with Gasteiger partial charge in [-0.15, -0.1) is 0 Å². The monoisotopic (exact) mass is 560 g/mol. The molecule has 1 aliphatic heterocycles. The summed E-state index contributed by atoms with van der Waals surface area (Å²) in [5, 5.41) is 4.58. The summed E-state index contributed by atoms with van der Waals surface area (Å²) in [5.74, 6) is -0.139. The van der Waals surface area contributed by atoms with Gasteiger partial charge in [0.25, 0.3) is 0 Å². The fourth-order valence-corrected chi connectivity index (χ4v) is 5.79. The molecule has 2 N–H and O–H groups in total. The number of rotatable bonds is 6. The van der Waals surface area contributed by atoms with E-state index in [4.69, 9.17) is 15.3 Å². The van der Waals surface area contributed by atoms with Gasteiger partial charge in [0.1, 0.15) is 18.0 Å². The molecule has 2 unspecified atom stereocenters. The van der Waals surface area contributed by atoms with Crippen LogP contribution in [-0.4, -0.2) is 56.5 Å². The lowest BCUT2D eigenvalue weighted by molar-refractivity contribution is 0.0192. The van der Waals surface area contributed by atoms with Crippen molar-refractivity contribution in [1.82, 2.24) is 19.9 Å². The van der Waals surface area contributed by atoms with E-state index in [9.17, 15) is 9.18 Å². The number of halogens is 1. The Morgan fingerprint density at radius 2 is 2.05 bits per heavy atom. The van der Waals surface area contributed by atoms with Gasteiger partial charge < -0.3 is 20.2 Å². The Labute approximate surface area is 240 Å². The highest BCUT2D eigenvalue weighted by molar-refractivity contribution is 6.03. The summed E-state index contributed by atoms with van der Waals surface area (Å²) in [5.41, 5.74) is 11.2. The molecular weight excluding hydrogens is 523 g/mol. The molecule has 3 heterocycles. The minimum Gasteiger partial charge on any atom is -0.444 e. The number of ether oxygens (including phenoxy) is 1. The number of carbonyl (C=O) groups is 1. The Morgan fingerprint density at radius 1 is 1.22 bits per heavy atom. The second-order valence-corrected chi connectivity index (χ2v) is 11.7. The Bertz CT molecular complexity index is 1440. The van der Waals surface area contributed by atoms with Crippen LogP contribution < -0.4 is 5.73 Å². The number of nitrogen functional groups attached to an aromatic ring is 1. The fourth-order valence-electron chi connectivity index (χ4n) is 5.79. The quantitative estimate of drug-likeness (QED) is 0.299. The van der Waals surface area contributed by atoms with Crippen LogP contribution in [0.25, 0.3) is 11.1 Å². The van der Waals surface area contributed by atoms with Gasteiger partial charge in [0.05, 0.1) is 17.1 Å². The van der Waals surface area contributed by atoms with E-state index >= 15 is 0 Å². The number of benzene rings is 1. The van der Waals surface area contributed by atoms with Gasteiger partial charge in [-0.3, -0.25) is 4.98 Å². The van der Waals surface area contributed by atoms with Crippen LogP contribution in [0.3, 0.4) is 0 Å². The van der Waals surface area contributed by atoms with Crippen molar-refractivity contribution in [2.45, 2.75) is 77.4 Å². The number of anilines is 1. The van der Waals surface area contributed by atoms with E-state index < -0.39 is 5.60 Å². The van der Waals surface area contributed by atoms with Crippen LogP contribution in [0, 0.1) is 12.7 Å². The first kappa shape index (κ1) is 28.4. The molecule has 0 spiro atoms. The lowest BCUT2D eigenvalue weighted by atomic mass is 9.78. The number of hydrogen-bond donors (Lipinski definition) is 1. The molecule has 1 fully saturated rings. The van der Waals surface area contributed by atoms with E-state index in [-0.39, 0.29) is 29.8 Å². The third-order valence-corrected chi connectivity index (χ3v) is 7.50. The van der Waals surface area contributed by atoms with Crippen LogP contribution in [0.5, 0.6) is 0 Å². The molecule has 2 atom stereocenters. The predicted molar refractivity (Wildman–Crippen MR) is 155 cm³/mol. The average Bonchev–Trinajstić information content (AvgIpc) is 3.39. The Hall–Kier alpha value is -4.08. The first-order chi connectivity index (χ1) is 19.6. The highest BCUT2D eigenvalue weighted by atomic mass is 19.1. The van der Waals surface area contributed by atoms with E-state index in [1.807, 2.05) is 45.9 Å². The zero-order valence-electron chi connectivity index (χ0n) is 24.1. The number of amides is 1. The van der Waals surface area contributed by atoms with E-state index in [0.29, 0.717) is 32.4 Å². The zero-order chi connectivity index (χ0) is 29.1. The van der Waals surface area contributed by atoms with Gasteiger partial charge in [0.15, 0.2) is 0 Å². The Morgan fingerprint density at radius 3 is 2.80 bits per heavy atom. The van der Waals surface area contributed by atoms with Crippen molar-refractivity contribution in [3.05, 3.63) is 71.1 Å². The van der Waals surface area contributed by atoms with Gasteiger partial charge in [-0.05, 0) is 82.2 Å². The van der Waals surface area contributed by atoms with Crippen LogP contribution in [0.1, 0.15) is 74.9 Å². The Kier molecular flexibility index (Phi) is 8.19. The van der Waals surface area contributed by atoms with Crippen molar-refractivity contribution in [2.75, 3.05) is 18.9 Å². The number of fused-ring (bicyclic) bond motifs is 1. The molecule has 1 aliphatic carbocycles. The van der Waals surface area contributed by atoms with E-state index in [1.165, 1.54) is 6.07 Å². The highest BCUT2D eigenvalue weighted by Crippen LogP contribution is 2.38. The third-order valence-electron chi connectivity index (χ3n) is 7.50. The summed E-state index contributed by atoms with van der Waals surface area (Å²) < 4.78 is 20.0. The normalized spacial score (nSPS) is 19.7. The highest BCUT2D eigenvalue weighted by Gasteiger charge is 2.33. The van der Waals surface area contributed by atoms with Gasteiger partial charge in [-0.2, -0.15) is 0 Å². The minimum atomic E-state index is -0.539. The molecule has 10 heteroatoms. The molecule has 9 nitrogen and oxygen atoms in total.